The number of pyridine rings is 1. The highest BCUT2D eigenvalue weighted by Crippen LogP contribution is 2.26. The van der Waals surface area contributed by atoms with Crippen LogP contribution in [0.25, 0.3) is 0 Å². The number of amides is 1. The van der Waals surface area contributed by atoms with Gasteiger partial charge in [0.1, 0.15) is 6.10 Å². The standard InChI is InChI=1S/C17H20N2O3/c1-12(22-16-9-5-4-8-15(16)21-3)11-19-17(20)14-7-6-10-18-13(14)2/h4-10,12H,11H2,1-3H3,(H,19,20)/t12-/m1/s1. The van der Waals surface area contributed by atoms with Gasteiger partial charge in [0.15, 0.2) is 11.5 Å². The molecular weight excluding hydrogens is 280 g/mol. The van der Waals surface area contributed by atoms with Crippen LogP contribution in [0.2, 0.25) is 0 Å². The monoisotopic (exact) mass is 300 g/mol. The average Bonchev–Trinajstić information content (AvgIpc) is 2.53. The number of rotatable bonds is 6. The van der Waals surface area contributed by atoms with Gasteiger partial charge in [0.25, 0.3) is 5.91 Å². The molecule has 1 atom stereocenters. The molecule has 0 aliphatic heterocycles. The SMILES string of the molecule is COc1ccccc1O[C@H](C)CNC(=O)c1cccnc1C. The molecule has 1 amide bonds. The quantitative estimate of drug-likeness (QED) is 0.891. The Morgan fingerprint density at radius 1 is 1.23 bits per heavy atom. The minimum Gasteiger partial charge on any atom is -0.493 e. The molecule has 116 valence electrons. The van der Waals surface area contributed by atoms with Crippen LogP contribution in [-0.4, -0.2) is 30.6 Å². The molecule has 1 heterocycles. The first kappa shape index (κ1) is 15.8. The Morgan fingerprint density at radius 3 is 2.64 bits per heavy atom. The van der Waals surface area contributed by atoms with Gasteiger partial charge in [-0.1, -0.05) is 12.1 Å². The van der Waals surface area contributed by atoms with Gasteiger partial charge < -0.3 is 14.8 Å². The molecule has 5 nitrogen and oxygen atoms in total. The van der Waals surface area contributed by atoms with E-state index in [0.717, 1.165) is 0 Å². The summed E-state index contributed by atoms with van der Waals surface area (Å²) in [6.45, 7) is 4.09. The highest BCUT2D eigenvalue weighted by molar-refractivity contribution is 5.95. The first-order valence-electron chi connectivity index (χ1n) is 7.11. The summed E-state index contributed by atoms with van der Waals surface area (Å²) in [5.74, 6) is 1.18. The third-order valence-corrected chi connectivity index (χ3v) is 3.20. The van der Waals surface area contributed by atoms with E-state index >= 15 is 0 Å². The lowest BCUT2D eigenvalue weighted by atomic mass is 10.2. The maximum absolute atomic E-state index is 12.1. The van der Waals surface area contributed by atoms with Crippen molar-refractivity contribution in [1.29, 1.82) is 0 Å². The van der Waals surface area contributed by atoms with Gasteiger partial charge in [-0.3, -0.25) is 9.78 Å². The lowest BCUT2D eigenvalue weighted by molar-refractivity contribution is 0.0930. The number of hydrogen-bond donors (Lipinski definition) is 1. The summed E-state index contributed by atoms with van der Waals surface area (Å²) in [4.78, 5) is 16.2. The largest absolute Gasteiger partial charge is 0.493 e. The highest BCUT2D eigenvalue weighted by atomic mass is 16.5. The first-order chi connectivity index (χ1) is 10.6. The molecule has 2 aromatic rings. The zero-order valence-corrected chi connectivity index (χ0v) is 13.0. The van der Waals surface area contributed by atoms with Crippen LogP contribution in [0.3, 0.4) is 0 Å². The van der Waals surface area contributed by atoms with E-state index in [9.17, 15) is 4.79 Å². The third kappa shape index (κ3) is 3.97. The van der Waals surface area contributed by atoms with Crippen molar-refractivity contribution in [2.24, 2.45) is 0 Å². The number of carbonyl (C=O) groups is 1. The predicted molar refractivity (Wildman–Crippen MR) is 84.4 cm³/mol. The molecule has 0 fully saturated rings. The Hall–Kier alpha value is -2.56. The van der Waals surface area contributed by atoms with E-state index in [-0.39, 0.29) is 12.0 Å². The van der Waals surface area contributed by atoms with Gasteiger partial charge in [0.2, 0.25) is 0 Å². The molecule has 0 unspecified atom stereocenters. The summed E-state index contributed by atoms with van der Waals surface area (Å²) in [7, 11) is 1.60. The zero-order valence-electron chi connectivity index (χ0n) is 13.0. The smallest absolute Gasteiger partial charge is 0.253 e. The Bertz CT molecular complexity index is 643. The molecule has 0 aliphatic rings. The van der Waals surface area contributed by atoms with Crippen molar-refractivity contribution in [2.75, 3.05) is 13.7 Å². The topological polar surface area (TPSA) is 60.5 Å². The Labute approximate surface area is 130 Å². The minimum absolute atomic E-state index is 0.152. The number of aromatic nitrogens is 1. The lowest BCUT2D eigenvalue weighted by Gasteiger charge is -2.17. The van der Waals surface area contributed by atoms with Crippen LogP contribution in [0.4, 0.5) is 0 Å². The van der Waals surface area contributed by atoms with Gasteiger partial charge >= 0.3 is 0 Å². The summed E-state index contributed by atoms with van der Waals surface area (Å²) >= 11 is 0. The number of ether oxygens (including phenoxy) is 2. The van der Waals surface area contributed by atoms with Crippen LogP contribution in [0.15, 0.2) is 42.6 Å². The molecule has 2 rings (SSSR count). The minimum atomic E-state index is -0.183. The summed E-state index contributed by atoms with van der Waals surface area (Å²) in [6, 6.07) is 10.9. The predicted octanol–water partition coefficient (Wildman–Crippen LogP) is 2.60. The molecule has 0 aliphatic carbocycles. The summed E-state index contributed by atoms with van der Waals surface area (Å²) in [5.41, 5.74) is 1.28. The molecule has 1 N–H and O–H groups in total. The number of para-hydroxylation sites is 2. The lowest BCUT2D eigenvalue weighted by Crippen LogP contribution is -2.34. The molecule has 0 saturated heterocycles. The van der Waals surface area contributed by atoms with E-state index in [1.165, 1.54) is 0 Å². The van der Waals surface area contributed by atoms with E-state index in [2.05, 4.69) is 10.3 Å². The van der Waals surface area contributed by atoms with E-state index < -0.39 is 0 Å². The van der Waals surface area contributed by atoms with Crippen LogP contribution in [0, 0.1) is 6.92 Å². The van der Waals surface area contributed by atoms with Crippen molar-refractivity contribution in [1.82, 2.24) is 10.3 Å². The van der Waals surface area contributed by atoms with Gasteiger partial charge in [0, 0.05) is 11.9 Å². The summed E-state index contributed by atoms with van der Waals surface area (Å²) < 4.78 is 11.0. The Kier molecular flexibility index (Phi) is 5.36. The van der Waals surface area contributed by atoms with Gasteiger partial charge in [0.05, 0.1) is 19.2 Å². The third-order valence-electron chi connectivity index (χ3n) is 3.20. The normalized spacial score (nSPS) is 11.6. The van der Waals surface area contributed by atoms with Crippen LogP contribution in [0.5, 0.6) is 11.5 Å². The van der Waals surface area contributed by atoms with Crippen LogP contribution in [-0.2, 0) is 0 Å². The first-order valence-corrected chi connectivity index (χ1v) is 7.11. The molecule has 0 spiro atoms. The fraction of sp³-hybridized carbons (Fsp3) is 0.294. The maximum Gasteiger partial charge on any atom is 0.253 e. The number of aryl methyl sites for hydroxylation is 1. The van der Waals surface area contributed by atoms with Crippen molar-refractivity contribution in [2.45, 2.75) is 20.0 Å². The van der Waals surface area contributed by atoms with Crippen molar-refractivity contribution in [3.8, 4) is 11.5 Å². The second kappa shape index (κ2) is 7.45. The number of benzene rings is 1. The average molecular weight is 300 g/mol. The fourth-order valence-electron chi connectivity index (χ4n) is 2.03. The van der Waals surface area contributed by atoms with Crippen LogP contribution in [0.1, 0.15) is 23.0 Å². The second-order valence-electron chi connectivity index (χ2n) is 4.93. The van der Waals surface area contributed by atoms with E-state index in [0.29, 0.717) is 29.3 Å². The van der Waals surface area contributed by atoms with Crippen molar-refractivity contribution in [3.63, 3.8) is 0 Å². The number of methoxy groups -OCH3 is 1. The molecule has 0 radical (unpaired) electrons. The summed E-state index contributed by atoms with van der Waals surface area (Å²) in [6.07, 6.45) is 1.48. The molecule has 22 heavy (non-hydrogen) atoms. The van der Waals surface area contributed by atoms with Crippen LogP contribution < -0.4 is 14.8 Å². The molecule has 0 bridgehead atoms. The van der Waals surface area contributed by atoms with Crippen LogP contribution >= 0.6 is 0 Å². The number of nitrogens with zero attached hydrogens (tertiary/aromatic N) is 1. The fourth-order valence-corrected chi connectivity index (χ4v) is 2.03. The maximum atomic E-state index is 12.1. The van der Waals surface area contributed by atoms with Gasteiger partial charge in [-0.2, -0.15) is 0 Å². The number of hydrogen-bond acceptors (Lipinski definition) is 4. The van der Waals surface area contributed by atoms with Gasteiger partial charge in [-0.05, 0) is 38.1 Å². The van der Waals surface area contributed by atoms with E-state index in [1.807, 2.05) is 38.1 Å². The number of carbonyl (C=O) groups excluding carboxylic acids is 1. The molecule has 0 saturated carbocycles. The molecular formula is C17H20N2O3. The second-order valence-corrected chi connectivity index (χ2v) is 4.93. The zero-order chi connectivity index (χ0) is 15.9. The van der Waals surface area contributed by atoms with Crippen molar-refractivity contribution in [3.05, 3.63) is 53.9 Å². The summed E-state index contributed by atoms with van der Waals surface area (Å²) in [5, 5.41) is 2.85. The van der Waals surface area contributed by atoms with E-state index in [1.54, 1.807) is 25.4 Å². The Balaban J connectivity index is 1.91. The highest BCUT2D eigenvalue weighted by Gasteiger charge is 2.12. The Morgan fingerprint density at radius 2 is 1.95 bits per heavy atom. The van der Waals surface area contributed by atoms with Gasteiger partial charge in [-0.25, -0.2) is 0 Å². The van der Waals surface area contributed by atoms with Gasteiger partial charge in [-0.15, -0.1) is 0 Å². The van der Waals surface area contributed by atoms with Crippen molar-refractivity contribution < 1.29 is 14.3 Å². The van der Waals surface area contributed by atoms with Crippen molar-refractivity contribution >= 4 is 5.91 Å². The molecule has 1 aromatic carbocycles. The molecule has 5 heteroatoms. The molecule has 1 aromatic heterocycles. The van der Waals surface area contributed by atoms with E-state index in [4.69, 9.17) is 9.47 Å². The number of nitrogens with one attached hydrogen (secondary N) is 1.